The first-order chi connectivity index (χ1) is 9.20. The Kier molecular flexibility index (Phi) is 4.33. The Morgan fingerprint density at radius 3 is 2.84 bits per heavy atom. The molecule has 0 aromatic carbocycles. The molecule has 0 bridgehead atoms. The van der Waals surface area contributed by atoms with Crippen LogP contribution in [0.15, 0.2) is 16.9 Å². The Balaban J connectivity index is 1.99. The van der Waals surface area contributed by atoms with Crippen molar-refractivity contribution < 1.29 is 9.26 Å². The molecule has 0 atom stereocenters. The van der Waals surface area contributed by atoms with Gasteiger partial charge in [0.2, 0.25) is 5.88 Å². The fraction of sp³-hybridized carbons (Fsp3) is 0.462. The molecule has 0 unspecified atom stereocenters. The van der Waals surface area contributed by atoms with Crippen LogP contribution in [0, 0.1) is 13.8 Å². The van der Waals surface area contributed by atoms with E-state index in [1.165, 1.54) is 6.33 Å². The lowest BCUT2D eigenvalue weighted by Gasteiger charge is -2.07. The summed E-state index contributed by atoms with van der Waals surface area (Å²) in [5.74, 6) is 2.13. The third-order valence-corrected chi connectivity index (χ3v) is 2.72. The van der Waals surface area contributed by atoms with Crippen LogP contribution < -0.4 is 10.1 Å². The number of hydrogen-bond acceptors (Lipinski definition) is 6. The number of aryl methyl sites for hydroxylation is 2. The average Bonchev–Trinajstić information content (AvgIpc) is 2.74. The van der Waals surface area contributed by atoms with Crippen LogP contribution in [0.3, 0.4) is 0 Å². The second kappa shape index (κ2) is 6.17. The number of rotatable bonds is 6. The SMILES string of the molecule is CCCOc1cc(NCc2c(C)noc2C)ncn1. The average molecular weight is 262 g/mol. The van der Waals surface area contributed by atoms with Gasteiger partial charge in [0.15, 0.2) is 0 Å². The van der Waals surface area contributed by atoms with Crippen LogP contribution in [0.5, 0.6) is 5.88 Å². The van der Waals surface area contributed by atoms with Gasteiger partial charge < -0.3 is 14.6 Å². The normalized spacial score (nSPS) is 10.5. The number of nitrogens with one attached hydrogen (secondary N) is 1. The molecule has 0 spiro atoms. The zero-order valence-corrected chi connectivity index (χ0v) is 11.4. The highest BCUT2D eigenvalue weighted by atomic mass is 16.5. The number of anilines is 1. The second-order valence-electron chi connectivity index (χ2n) is 4.25. The molecule has 1 N–H and O–H groups in total. The summed E-state index contributed by atoms with van der Waals surface area (Å²) in [5.41, 5.74) is 1.94. The highest BCUT2D eigenvalue weighted by Crippen LogP contribution is 2.16. The summed E-state index contributed by atoms with van der Waals surface area (Å²) in [6.07, 6.45) is 2.44. The number of nitrogens with zero attached hydrogens (tertiary/aromatic N) is 3. The molecule has 0 fully saturated rings. The topological polar surface area (TPSA) is 73.1 Å². The fourth-order valence-corrected chi connectivity index (χ4v) is 1.65. The lowest BCUT2D eigenvalue weighted by Crippen LogP contribution is -2.04. The summed E-state index contributed by atoms with van der Waals surface area (Å²) in [4.78, 5) is 8.21. The molecule has 0 aliphatic rings. The fourth-order valence-electron chi connectivity index (χ4n) is 1.65. The molecule has 0 saturated carbocycles. The van der Waals surface area contributed by atoms with E-state index in [2.05, 4.69) is 27.4 Å². The van der Waals surface area contributed by atoms with E-state index in [9.17, 15) is 0 Å². The molecular formula is C13H18N4O2. The number of ether oxygens (including phenoxy) is 1. The van der Waals surface area contributed by atoms with Gasteiger partial charge in [-0.25, -0.2) is 9.97 Å². The number of aromatic nitrogens is 3. The van der Waals surface area contributed by atoms with Crippen LogP contribution in [0.1, 0.15) is 30.4 Å². The van der Waals surface area contributed by atoms with E-state index in [1.807, 2.05) is 13.8 Å². The van der Waals surface area contributed by atoms with Crippen molar-refractivity contribution in [3.8, 4) is 5.88 Å². The van der Waals surface area contributed by atoms with Gasteiger partial charge in [-0.2, -0.15) is 0 Å². The molecule has 0 aliphatic carbocycles. The minimum atomic E-state index is 0.582. The van der Waals surface area contributed by atoms with Crippen LogP contribution in [0.25, 0.3) is 0 Å². The van der Waals surface area contributed by atoms with Crippen molar-refractivity contribution >= 4 is 5.82 Å². The van der Waals surface area contributed by atoms with Gasteiger partial charge >= 0.3 is 0 Å². The minimum Gasteiger partial charge on any atom is -0.478 e. The van der Waals surface area contributed by atoms with Crippen molar-refractivity contribution in [3.63, 3.8) is 0 Å². The van der Waals surface area contributed by atoms with Gasteiger partial charge in [-0.1, -0.05) is 12.1 Å². The Hall–Kier alpha value is -2.11. The van der Waals surface area contributed by atoms with E-state index in [-0.39, 0.29) is 0 Å². The highest BCUT2D eigenvalue weighted by molar-refractivity contribution is 5.38. The minimum absolute atomic E-state index is 0.582. The molecule has 2 aromatic rings. The van der Waals surface area contributed by atoms with Crippen LogP contribution in [0.2, 0.25) is 0 Å². The zero-order valence-electron chi connectivity index (χ0n) is 11.4. The Morgan fingerprint density at radius 2 is 2.16 bits per heavy atom. The van der Waals surface area contributed by atoms with Crippen molar-refractivity contribution in [3.05, 3.63) is 29.4 Å². The summed E-state index contributed by atoms with van der Waals surface area (Å²) >= 11 is 0. The first kappa shape index (κ1) is 13.3. The van der Waals surface area contributed by atoms with E-state index in [0.717, 1.165) is 29.3 Å². The zero-order chi connectivity index (χ0) is 13.7. The third kappa shape index (κ3) is 3.43. The Morgan fingerprint density at radius 1 is 1.32 bits per heavy atom. The predicted molar refractivity (Wildman–Crippen MR) is 71.1 cm³/mol. The summed E-state index contributed by atoms with van der Waals surface area (Å²) in [6, 6.07) is 1.79. The van der Waals surface area contributed by atoms with Gasteiger partial charge in [0, 0.05) is 18.2 Å². The van der Waals surface area contributed by atoms with Crippen LogP contribution in [-0.4, -0.2) is 21.7 Å². The number of hydrogen-bond donors (Lipinski definition) is 1. The van der Waals surface area contributed by atoms with Crippen LogP contribution >= 0.6 is 0 Å². The van der Waals surface area contributed by atoms with E-state index in [0.29, 0.717) is 19.0 Å². The van der Waals surface area contributed by atoms with E-state index in [1.54, 1.807) is 6.07 Å². The quantitative estimate of drug-likeness (QED) is 0.862. The van der Waals surface area contributed by atoms with Gasteiger partial charge in [-0.15, -0.1) is 0 Å². The smallest absolute Gasteiger partial charge is 0.218 e. The van der Waals surface area contributed by atoms with Crippen molar-refractivity contribution in [1.29, 1.82) is 0 Å². The standard InChI is InChI=1S/C13H18N4O2/c1-4-5-18-13-6-12(15-8-16-13)14-7-11-9(2)17-19-10(11)3/h6,8H,4-5,7H2,1-3H3,(H,14,15,16). The molecule has 19 heavy (non-hydrogen) atoms. The molecule has 2 rings (SSSR count). The maximum atomic E-state index is 5.46. The van der Waals surface area contributed by atoms with Gasteiger partial charge in [0.05, 0.1) is 12.3 Å². The van der Waals surface area contributed by atoms with Crippen LogP contribution in [0.4, 0.5) is 5.82 Å². The van der Waals surface area contributed by atoms with Crippen molar-refractivity contribution in [2.45, 2.75) is 33.7 Å². The Labute approximate surface area is 112 Å². The van der Waals surface area contributed by atoms with E-state index < -0.39 is 0 Å². The van der Waals surface area contributed by atoms with Crippen LogP contribution in [-0.2, 0) is 6.54 Å². The lowest BCUT2D eigenvalue weighted by atomic mass is 10.2. The molecule has 0 saturated heterocycles. The maximum Gasteiger partial charge on any atom is 0.218 e. The van der Waals surface area contributed by atoms with E-state index >= 15 is 0 Å². The molecule has 6 heteroatoms. The third-order valence-electron chi connectivity index (χ3n) is 2.72. The van der Waals surface area contributed by atoms with Crippen molar-refractivity contribution in [2.24, 2.45) is 0 Å². The molecule has 2 heterocycles. The van der Waals surface area contributed by atoms with E-state index in [4.69, 9.17) is 9.26 Å². The Bertz CT molecular complexity index is 520. The largest absolute Gasteiger partial charge is 0.478 e. The summed E-state index contributed by atoms with van der Waals surface area (Å²) in [7, 11) is 0. The molecule has 0 amide bonds. The first-order valence-corrected chi connectivity index (χ1v) is 6.31. The molecule has 0 aliphatic heterocycles. The van der Waals surface area contributed by atoms with Gasteiger partial charge in [-0.3, -0.25) is 0 Å². The molecule has 2 aromatic heterocycles. The molecule has 102 valence electrons. The van der Waals surface area contributed by atoms with Gasteiger partial charge in [-0.05, 0) is 20.3 Å². The summed E-state index contributed by atoms with van der Waals surface area (Å²) in [5, 5.41) is 7.13. The molecule has 6 nitrogen and oxygen atoms in total. The maximum absolute atomic E-state index is 5.46. The first-order valence-electron chi connectivity index (χ1n) is 6.31. The molecular weight excluding hydrogens is 244 g/mol. The summed E-state index contributed by atoms with van der Waals surface area (Å²) in [6.45, 7) is 7.14. The van der Waals surface area contributed by atoms with Gasteiger partial charge in [0.1, 0.15) is 17.9 Å². The lowest BCUT2D eigenvalue weighted by molar-refractivity contribution is 0.305. The second-order valence-corrected chi connectivity index (χ2v) is 4.25. The van der Waals surface area contributed by atoms with Gasteiger partial charge in [0.25, 0.3) is 0 Å². The van der Waals surface area contributed by atoms with Crippen molar-refractivity contribution in [2.75, 3.05) is 11.9 Å². The predicted octanol–water partition coefficient (Wildman–Crippen LogP) is 2.48. The van der Waals surface area contributed by atoms with Crippen molar-refractivity contribution in [1.82, 2.24) is 15.1 Å². The highest BCUT2D eigenvalue weighted by Gasteiger charge is 2.09. The monoisotopic (exact) mass is 262 g/mol. The summed E-state index contributed by atoms with van der Waals surface area (Å²) < 4.78 is 10.6. The molecule has 0 radical (unpaired) electrons.